The van der Waals surface area contributed by atoms with E-state index in [1.807, 2.05) is 37.3 Å². The maximum Gasteiger partial charge on any atom is 0.194 e. The summed E-state index contributed by atoms with van der Waals surface area (Å²) in [7, 11) is 0. The van der Waals surface area contributed by atoms with E-state index in [9.17, 15) is 4.79 Å². The second kappa shape index (κ2) is 4.29. The van der Waals surface area contributed by atoms with E-state index in [2.05, 4.69) is 19.1 Å². The topological polar surface area (TPSA) is 17.1 Å². The highest BCUT2D eigenvalue weighted by atomic mass is 32.2. The molecule has 0 saturated carbocycles. The van der Waals surface area contributed by atoms with Gasteiger partial charge < -0.3 is 0 Å². The summed E-state index contributed by atoms with van der Waals surface area (Å²) in [6.45, 7) is 4.19. The van der Waals surface area contributed by atoms with Crippen LogP contribution in [0, 0.1) is 6.92 Å². The van der Waals surface area contributed by atoms with Crippen LogP contribution in [-0.4, -0.2) is 5.78 Å². The Morgan fingerprint density at radius 1 is 1.06 bits per heavy atom. The van der Waals surface area contributed by atoms with Crippen LogP contribution in [0.1, 0.15) is 39.2 Å². The number of ketones is 1. The average Bonchev–Trinajstić information content (AvgIpc) is 2.47. The van der Waals surface area contributed by atoms with Gasteiger partial charge in [-0.25, -0.2) is 0 Å². The van der Waals surface area contributed by atoms with Crippen LogP contribution in [0.15, 0.2) is 47.4 Å². The van der Waals surface area contributed by atoms with Crippen LogP contribution in [-0.2, 0) is 0 Å². The maximum absolute atomic E-state index is 12.6. The Morgan fingerprint density at radius 2 is 1.83 bits per heavy atom. The molecule has 18 heavy (non-hydrogen) atoms. The Balaban J connectivity index is 2.26. The van der Waals surface area contributed by atoms with Crippen molar-refractivity contribution in [2.45, 2.75) is 24.0 Å². The number of benzene rings is 2. The smallest absolute Gasteiger partial charge is 0.194 e. The molecule has 2 aromatic rings. The summed E-state index contributed by atoms with van der Waals surface area (Å²) in [5.74, 6) is 0.154. The summed E-state index contributed by atoms with van der Waals surface area (Å²) in [5.41, 5.74) is 3.98. The Hall–Kier alpha value is -1.54. The lowest BCUT2D eigenvalue weighted by atomic mass is 9.95. The van der Waals surface area contributed by atoms with Crippen LogP contribution in [0.2, 0.25) is 0 Å². The number of carbonyl (C=O) groups is 1. The Labute approximate surface area is 111 Å². The zero-order valence-corrected chi connectivity index (χ0v) is 11.3. The number of hydrogen-bond donors (Lipinski definition) is 0. The molecule has 0 fully saturated rings. The molecule has 0 saturated heterocycles. The van der Waals surface area contributed by atoms with Gasteiger partial charge in [0.15, 0.2) is 5.78 Å². The first-order valence-corrected chi connectivity index (χ1v) is 6.96. The lowest BCUT2D eigenvalue weighted by Gasteiger charge is -2.11. The van der Waals surface area contributed by atoms with Crippen molar-refractivity contribution < 1.29 is 4.79 Å². The molecular formula is C16H14OS. The molecule has 1 aliphatic heterocycles. The van der Waals surface area contributed by atoms with Gasteiger partial charge in [0.2, 0.25) is 0 Å². The molecular weight excluding hydrogens is 240 g/mol. The first-order valence-electron chi connectivity index (χ1n) is 6.08. The monoisotopic (exact) mass is 254 g/mol. The minimum absolute atomic E-state index is 0.154. The minimum atomic E-state index is 0.154. The number of fused-ring (bicyclic) bond motifs is 2. The van der Waals surface area contributed by atoms with Gasteiger partial charge in [0.05, 0.1) is 0 Å². The molecule has 1 heterocycles. The fourth-order valence-corrected chi connectivity index (χ4v) is 3.54. The van der Waals surface area contributed by atoms with Crippen molar-refractivity contribution in [3.63, 3.8) is 0 Å². The Kier molecular flexibility index (Phi) is 2.75. The quantitative estimate of drug-likeness (QED) is 0.693. The van der Waals surface area contributed by atoms with Crippen molar-refractivity contribution in [1.29, 1.82) is 0 Å². The molecule has 0 N–H and O–H groups in total. The fraction of sp³-hybridized carbons (Fsp3) is 0.188. The van der Waals surface area contributed by atoms with Crippen LogP contribution in [0.4, 0.5) is 0 Å². The third-order valence-electron chi connectivity index (χ3n) is 3.33. The second-order valence-electron chi connectivity index (χ2n) is 4.68. The van der Waals surface area contributed by atoms with E-state index in [0.717, 1.165) is 27.1 Å². The SMILES string of the molecule is Cc1ccc2c(c1)C(=O)c1ccccc1SC2C. The van der Waals surface area contributed by atoms with Crippen molar-refractivity contribution in [3.05, 3.63) is 64.7 Å². The molecule has 0 bridgehead atoms. The van der Waals surface area contributed by atoms with Gasteiger partial charge in [-0.15, -0.1) is 11.8 Å². The average molecular weight is 254 g/mol. The van der Waals surface area contributed by atoms with Crippen molar-refractivity contribution in [1.82, 2.24) is 0 Å². The van der Waals surface area contributed by atoms with Gasteiger partial charge in [-0.05, 0) is 37.6 Å². The zero-order valence-electron chi connectivity index (χ0n) is 10.4. The molecule has 3 rings (SSSR count). The minimum Gasteiger partial charge on any atom is -0.289 e. The summed E-state index contributed by atoms with van der Waals surface area (Å²) >= 11 is 1.76. The summed E-state index contributed by atoms with van der Waals surface area (Å²) in [5, 5.41) is 0.313. The third kappa shape index (κ3) is 1.77. The van der Waals surface area contributed by atoms with Crippen LogP contribution in [0.25, 0.3) is 0 Å². The van der Waals surface area contributed by atoms with Gasteiger partial charge in [0.25, 0.3) is 0 Å². The normalized spacial score (nSPS) is 17.9. The van der Waals surface area contributed by atoms with Crippen molar-refractivity contribution in [2.75, 3.05) is 0 Å². The molecule has 0 amide bonds. The zero-order chi connectivity index (χ0) is 12.7. The van der Waals surface area contributed by atoms with E-state index in [-0.39, 0.29) is 5.78 Å². The van der Waals surface area contributed by atoms with Gasteiger partial charge in [0, 0.05) is 21.3 Å². The Morgan fingerprint density at radius 3 is 2.67 bits per heavy atom. The molecule has 0 spiro atoms. The van der Waals surface area contributed by atoms with E-state index >= 15 is 0 Å². The van der Waals surface area contributed by atoms with E-state index in [0.29, 0.717) is 5.25 Å². The molecule has 2 heteroatoms. The van der Waals surface area contributed by atoms with Crippen molar-refractivity contribution in [3.8, 4) is 0 Å². The highest BCUT2D eigenvalue weighted by Gasteiger charge is 2.25. The van der Waals surface area contributed by atoms with Gasteiger partial charge in [-0.3, -0.25) is 4.79 Å². The van der Waals surface area contributed by atoms with Gasteiger partial charge >= 0.3 is 0 Å². The summed E-state index contributed by atoms with van der Waals surface area (Å²) in [4.78, 5) is 13.7. The first-order chi connectivity index (χ1) is 8.66. The first kappa shape index (κ1) is 11.5. The molecule has 1 aliphatic rings. The largest absolute Gasteiger partial charge is 0.289 e. The molecule has 90 valence electrons. The second-order valence-corrected chi connectivity index (χ2v) is 6.06. The number of hydrogen-bond acceptors (Lipinski definition) is 2. The molecule has 1 atom stereocenters. The predicted molar refractivity (Wildman–Crippen MR) is 75.3 cm³/mol. The van der Waals surface area contributed by atoms with E-state index in [1.165, 1.54) is 0 Å². The fourth-order valence-electron chi connectivity index (χ4n) is 2.38. The lowest BCUT2D eigenvalue weighted by molar-refractivity contribution is 0.103. The lowest BCUT2D eigenvalue weighted by Crippen LogP contribution is -2.04. The molecule has 0 aliphatic carbocycles. The van der Waals surface area contributed by atoms with Crippen LogP contribution >= 0.6 is 11.8 Å². The third-order valence-corrected chi connectivity index (χ3v) is 4.54. The van der Waals surface area contributed by atoms with Gasteiger partial charge in [-0.1, -0.05) is 29.8 Å². The van der Waals surface area contributed by atoms with Crippen molar-refractivity contribution >= 4 is 17.5 Å². The molecule has 1 nitrogen and oxygen atoms in total. The molecule has 1 unspecified atom stereocenters. The summed E-state index contributed by atoms with van der Waals surface area (Å²) in [6.07, 6.45) is 0. The van der Waals surface area contributed by atoms with Crippen LogP contribution < -0.4 is 0 Å². The summed E-state index contributed by atoms with van der Waals surface area (Å²) < 4.78 is 0. The molecule has 0 aromatic heterocycles. The van der Waals surface area contributed by atoms with E-state index < -0.39 is 0 Å². The molecule has 2 aromatic carbocycles. The highest BCUT2D eigenvalue weighted by Crippen LogP contribution is 2.42. The predicted octanol–water partition coefficient (Wildman–Crippen LogP) is 4.39. The highest BCUT2D eigenvalue weighted by molar-refractivity contribution is 7.99. The number of carbonyl (C=O) groups excluding carboxylic acids is 1. The van der Waals surface area contributed by atoms with Crippen LogP contribution in [0.3, 0.4) is 0 Å². The van der Waals surface area contributed by atoms with Crippen LogP contribution in [0.5, 0.6) is 0 Å². The number of rotatable bonds is 0. The number of aryl methyl sites for hydroxylation is 1. The number of thioether (sulfide) groups is 1. The standard InChI is InChI=1S/C16H14OS/c1-10-7-8-12-11(2)18-15-6-4-3-5-13(15)16(17)14(12)9-10/h3-9,11H,1-2H3. The van der Waals surface area contributed by atoms with Gasteiger partial charge in [0.1, 0.15) is 0 Å². The molecule has 0 radical (unpaired) electrons. The van der Waals surface area contributed by atoms with Gasteiger partial charge in [-0.2, -0.15) is 0 Å². The Bertz CT molecular complexity index is 631. The van der Waals surface area contributed by atoms with E-state index in [1.54, 1.807) is 11.8 Å². The maximum atomic E-state index is 12.6. The van der Waals surface area contributed by atoms with Crippen molar-refractivity contribution in [2.24, 2.45) is 0 Å². The van der Waals surface area contributed by atoms with E-state index in [4.69, 9.17) is 0 Å². The summed E-state index contributed by atoms with van der Waals surface area (Å²) in [6, 6.07) is 14.1.